The molecule has 0 spiro atoms. The van der Waals surface area contributed by atoms with Crippen LogP contribution >= 0.6 is 47.0 Å². The smallest absolute Gasteiger partial charge is 0.271 e. The number of carbonyl (C=O) groups is 1. The number of rotatable bonds is 17. The van der Waals surface area contributed by atoms with Gasteiger partial charge in [-0.3, -0.25) is 14.9 Å². The van der Waals surface area contributed by atoms with Gasteiger partial charge in [0.2, 0.25) is 9.70 Å². The van der Waals surface area contributed by atoms with E-state index in [-0.39, 0.29) is 16.7 Å². The van der Waals surface area contributed by atoms with Crippen LogP contribution in [-0.2, 0) is 4.79 Å². The summed E-state index contributed by atoms with van der Waals surface area (Å²) < 4.78 is -1.86. The molecule has 198 valence electrons. The van der Waals surface area contributed by atoms with Crippen molar-refractivity contribution < 1.29 is 9.72 Å². The summed E-state index contributed by atoms with van der Waals surface area (Å²) in [7, 11) is 0. The Morgan fingerprint density at radius 3 is 2.03 bits per heavy atom. The van der Waals surface area contributed by atoms with Crippen molar-refractivity contribution >= 4 is 69.4 Å². The number of nitrogens with zero attached hydrogens (tertiary/aromatic N) is 1. The first-order valence-electron chi connectivity index (χ1n) is 12.3. The number of non-ortho nitro benzene ring substituents is 1. The third-order valence-electron chi connectivity index (χ3n) is 5.48. The van der Waals surface area contributed by atoms with E-state index in [4.69, 9.17) is 47.0 Å². The number of hydrogen-bond acceptors (Lipinski definition) is 4. The third kappa shape index (κ3) is 15.4. The number of nitro groups is 1. The maximum absolute atomic E-state index is 12.4. The molecule has 1 aromatic carbocycles. The van der Waals surface area contributed by atoms with Gasteiger partial charge in [0.25, 0.3) is 5.69 Å². The van der Waals surface area contributed by atoms with Crippen molar-refractivity contribution in [2.75, 3.05) is 5.32 Å². The zero-order valence-corrected chi connectivity index (χ0v) is 23.4. The highest BCUT2D eigenvalue weighted by Crippen LogP contribution is 2.29. The minimum atomic E-state index is -1.86. The highest BCUT2D eigenvalue weighted by molar-refractivity contribution is 7.80. The van der Waals surface area contributed by atoms with E-state index in [1.54, 1.807) is 6.07 Å². The topological polar surface area (TPSA) is 96.3 Å². The number of amides is 1. The van der Waals surface area contributed by atoms with Gasteiger partial charge in [0, 0.05) is 24.2 Å². The Balaban J connectivity index is 2.29. The molecule has 35 heavy (non-hydrogen) atoms. The molecule has 1 aromatic rings. The molecule has 0 bridgehead atoms. The van der Waals surface area contributed by atoms with Gasteiger partial charge in [-0.2, -0.15) is 0 Å². The van der Waals surface area contributed by atoms with Crippen LogP contribution in [0.25, 0.3) is 0 Å². The Kier molecular flexibility index (Phi) is 16.3. The number of nitro benzene ring substituents is 1. The Bertz CT molecular complexity index is 794. The predicted molar refractivity (Wildman–Crippen MR) is 150 cm³/mol. The summed E-state index contributed by atoms with van der Waals surface area (Å²) in [6.07, 6.45) is 13.8. The number of carbonyl (C=O) groups excluding carboxylic acids is 1. The largest absolute Gasteiger partial charge is 0.339 e. The van der Waals surface area contributed by atoms with E-state index < -0.39 is 14.9 Å². The number of nitrogens with one attached hydrogen (secondary N) is 3. The SMILES string of the molecule is CCCCCCCCCCCCCCC(=O)NC(NC(=S)Nc1cccc([N+](=O)[O-])c1)C(Cl)(Cl)Cl. The van der Waals surface area contributed by atoms with Crippen molar-refractivity contribution in [3.8, 4) is 0 Å². The maximum Gasteiger partial charge on any atom is 0.271 e. The molecule has 1 amide bonds. The van der Waals surface area contributed by atoms with Gasteiger partial charge in [-0.15, -0.1) is 0 Å². The van der Waals surface area contributed by atoms with E-state index >= 15 is 0 Å². The van der Waals surface area contributed by atoms with Gasteiger partial charge in [0.15, 0.2) is 5.11 Å². The Morgan fingerprint density at radius 2 is 1.51 bits per heavy atom. The van der Waals surface area contributed by atoms with Gasteiger partial charge in [-0.05, 0) is 24.7 Å². The van der Waals surface area contributed by atoms with E-state index in [1.165, 1.54) is 76.0 Å². The van der Waals surface area contributed by atoms with Crippen LogP contribution in [0.3, 0.4) is 0 Å². The normalized spacial score (nSPS) is 12.1. The molecule has 1 rings (SSSR count). The van der Waals surface area contributed by atoms with Crippen molar-refractivity contribution in [1.82, 2.24) is 10.6 Å². The van der Waals surface area contributed by atoms with Crippen LogP contribution in [0, 0.1) is 10.1 Å². The molecule has 0 heterocycles. The molecule has 1 atom stereocenters. The third-order valence-corrected chi connectivity index (χ3v) is 6.35. The first-order valence-corrected chi connectivity index (χ1v) is 13.9. The fourth-order valence-corrected chi connectivity index (χ4v) is 4.12. The number of benzene rings is 1. The van der Waals surface area contributed by atoms with Crippen molar-refractivity contribution in [3.05, 3.63) is 34.4 Å². The predicted octanol–water partition coefficient (Wildman–Crippen LogP) is 7.78. The summed E-state index contributed by atoms with van der Waals surface area (Å²) in [5.41, 5.74) is 0.300. The highest BCUT2D eigenvalue weighted by atomic mass is 35.6. The number of thiocarbonyl (C=S) groups is 1. The standard InChI is InChI=1S/C24H37Cl3N4O3S/c1-2-3-4-5-6-7-8-9-10-11-12-13-17-21(32)29-22(24(25,26)27)30-23(35)28-19-15-14-16-20(18-19)31(33)34/h14-16,18,22H,2-13,17H2,1H3,(H,29,32)(H2,28,30,35). The zero-order valence-electron chi connectivity index (χ0n) is 20.3. The Labute approximate surface area is 229 Å². The summed E-state index contributed by atoms with van der Waals surface area (Å²) in [6, 6.07) is 5.82. The van der Waals surface area contributed by atoms with Crippen molar-refractivity contribution in [2.45, 2.75) is 100 Å². The molecule has 3 N–H and O–H groups in total. The number of halogens is 3. The van der Waals surface area contributed by atoms with Crippen LogP contribution < -0.4 is 16.0 Å². The number of alkyl halides is 3. The average molecular weight is 568 g/mol. The molecule has 0 aliphatic heterocycles. The maximum atomic E-state index is 12.4. The molecule has 0 saturated carbocycles. The summed E-state index contributed by atoms with van der Waals surface area (Å²) in [4.78, 5) is 22.8. The molecule has 0 aliphatic carbocycles. The highest BCUT2D eigenvalue weighted by Gasteiger charge is 2.34. The van der Waals surface area contributed by atoms with E-state index in [1.807, 2.05) is 0 Å². The van der Waals surface area contributed by atoms with E-state index in [0.29, 0.717) is 12.1 Å². The van der Waals surface area contributed by atoms with Gasteiger partial charge in [-0.25, -0.2) is 0 Å². The van der Waals surface area contributed by atoms with Crippen LogP contribution in [-0.4, -0.2) is 25.9 Å². The molecule has 7 nitrogen and oxygen atoms in total. The number of hydrogen-bond donors (Lipinski definition) is 3. The summed E-state index contributed by atoms with van der Waals surface area (Å²) in [5.74, 6) is -0.251. The van der Waals surface area contributed by atoms with Crippen molar-refractivity contribution in [2.24, 2.45) is 0 Å². The summed E-state index contributed by atoms with van der Waals surface area (Å²) in [5, 5.41) is 19.2. The van der Waals surface area contributed by atoms with Crippen molar-refractivity contribution in [3.63, 3.8) is 0 Å². The Hall–Kier alpha value is -1.35. The van der Waals surface area contributed by atoms with Gasteiger partial charge >= 0.3 is 0 Å². The number of unbranched alkanes of at least 4 members (excludes halogenated alkanes) is 11. The molecule has 0 radical (unpaired) electrons. The van der Waals surface area contributed by atoms with Crippen LogP contribution in [0.4, 0.5) is 11.4 Å². The average Bonchev–Trinajstić information content (AvgIpc) is 2.79. The number of anilines is 1. The minimum Gasteiger partial charge on any atom is -0.339 e. The summed E-state index contributed by atoms with van der Waals surface area (Å²) in [6.45, 7) is 2.23. The summed E-state index contributed by atoms with van der Waals surface area (Å²) >= 11 is 23.3. The lowest BCUT2D eigenvalue weighted by atomic mass is 10.0. The van der Waals surface area contributed by atoms with Gasteiger partial charge in [-0.1, -0.05) is 118 Å². The fraction of sp³-hybridized carbons (Fsp3) is 0.667. The fourth-order valence-electron chi connectivity index (χ4n) is 3.55. The lowest BCUT2D eigenvalue weighted by Crippen LogP contribution is -2.56. The second-order valence-corrected chi connectivity index (χ2v) is 11.4. The molecule has 0 aliphatic rings. The van der Waals surface area contributed by atoms with Crippen molar-refractivity contribution in [1.29, 1.82) is 0 Å². The molecule has 1 unspecified atom stereocenters. The molecule has 0 saturated heterocycles. The Morgan fingerprint density at radius 1 is 0.971 bits per heavy atom. The zero-order chi connectivity index (χ0) is 26.1. The molecule has 0 fully saturated rings. The van der Waals surface area contributed by atoms with Gasteiger partial charge in [0.05, 0.1) is 4.92 Å². The lowest BCUT2D eigenvalue weighted by Gasteiger charge is -2.27. The van der Waals surface area contributed by atoms with Crippen LogP contribution in [0.15, 0.2) is 24.3 Å². The minimum absolute atomic E-state index is 0.0486. The van der Waals surface area contributed by atoms with E-state index in [2.05, 4.69) is 22.9 Å². The van der Waals surface area contributed by atoms with Crippen LogP contribution in [0.2, 0.25) is 0 Å². The first-order chi connectivity index (χ1) is 16.6. The van der Waals surface area contributed by atoms with Gasteiger partial charge in [0.1, 0.15) is 6.17 Å². The molecule has 0 aromatic heterocycles. The second kappa shape index (κ2) is 18.0. The monoisotopic (exact) mass is 566 g/mol. The molecular formula is C24H37Cl3N4O3S. The van der Waals surface area contributed by atoms with E-state index in [9.17, 15) is 14.9 Å². The second-order valence-electron chi connectivity index (χ2n) is 8.59. The van der Waals surface area contributed by atoms with E-state index in [0.717, 1.165) is 19.3 Å². The first kappa shape index (κ1) is 31.7. The quantitative estimate of drug-likeness (QED) is 0.0444. The van der Waals surface area contributed by atoms with Crippen LogP contribution in [0.1, 0.15) is 90.4 Å². The molecule has 11 heteroatoms. The van der Waals surface area contributed by atoms with Crippen LogP contribution in [0.5, 0.6) is 0 Å². The van der Waals surface area contributed by atoms with Gasteiger partial charge < -0.3 is 16.0 Å². The molecular weight excluding hydrogens is 531 g/mol. The lowest BCUT2D eigenvalue weighted by molar-refractivity contribution is -0.384.